The number of nitrogens with two attached hydrogens (primary N) is 1. The Morgan fingerprint density at radius 2 is 1.49 bits per heavy atom. The van der Waals surface area contributed by atoms with Gasteiger partial charge in [0.1, 0.15) is 33.8 Å². The number of ether oxygens (including phenoxy) is 3. The number of pyridine rings is 2. The van der Waals surface area contributed by atoms with Crippen molar-refractivity contribution in [3.05, 3.63) is 112 Å². The van der Waals surface area contributed by atoms with E-state index in [2.05, 4.69) is 15.0 Å². The van der Waals surface area contributed by atoms with Crippen LogP contribution in [-0.2, 0) is 20.6 Å². The number of rotatable bonds is 7. The molecule has 2 aromatic carbocycles. The van der Waals surface area contributed by atoms with Crippen LogP contribution in [-0.4, -0.2) is 45.6 Å². The summed E-state index contributed by atoms with van der Waals surface area (Å²) in [5.41, 5.74) is 12.5. The monoisotopic (exact) mass is 679 g/mol. The zero-order chi connectivity index (χ0) is 33.5. The molecule has 6 aromatic rings. The number of nitrogens with zero attached hydrogens (tertiary/aromatic N) is 4. The summed E-state index contributed by atoms with van der Waals surface area (Å²) in [6.45, 7) is 7.10. The van der Waals surface area contributed by atoms with E-state index in [9.17, 15) is 8.78 Å². The van der Waals surface area contributed by atoms with Crippen LogP contribution in [0.4, 0.5) is 14.5 Å². The number of aromatic nitrogens is 4. The van der Waals surface area contributed by atoms with Crippen molar-refractivity contribution in [3.63, 3.8) is 0 Å². The Balaban J connectivity index is 0.000000146. The molecule has 12 heteroatoms. The highest BCUT2D eigenvalue weighted by molar-refractivity contribution is 6.30. The lowest BCUT2D eigenvalue weighted by Gasteiger charge is -2.15. The first-order valence-electron chi connectivity index (χ1n) is 15.0. The van der Waals surface area contributed by atoms with E-state index < -0.39 is 6.48 Å². The molecule has 47 heavy (non-hydrogen) atoms. The number of hydrogen-bond acceptors (Lipinski definition) is 7. The maximum Gasteiger partial charge on any atom is 0.271 e. The van der Waals surface area contributed by atoms with Crippen LogP contribution in [0.1, 0.15) is 37.6 Å². The normalized spacial score (nSPS) is 12.1. The molecule has 0 bridgehead atoms. The molecule has 244 valence electrons. The lowest BCUT2D eigenvalue weighted by atomic mass is 10.1. The highest BCUT2D eigenvalue weighted by atomic mass is 35.5. The van der Waals surface area contributed by atoms with Crippen LogP contribution in [0.5, 0.6) is 0 Å². The molecule has 0 fully saturated rings. The van der Waals surface area contributed by atoms with Crippen LogP contribution in [0.25, 0.3) is 39.1 Å². The average Bonchev–Trinajstić information content (AvgIpc) is 3.67. The van der Waals surface area contributed by atoms with Gasteiger partial charge in [-0.15, -0.1) is 0 Å². The Morgan fingerprint density at radius 3 is 2.19 bits per heavy atom. The van der Waals surface area contributed by atoms with E-state index in [4.69, 9.17) is 43.1 Å². The zero-order valence-corrected chi connectivity index (χ0v) is 27.5. The predicted octanol–water partition coefficient (Wildman–Crippen LogP) is 8.76. The minimum Gasteiger partial charge on any atom is -0.397 e. The van der Waals surface area contributed by atoms with Crippen LogP contribution in [0.3, 0.4) is 0 Å². The molecule has 0 unspecified atom stereocenters. The number of hydrogen-bond donors (Lipinski definition) is 1. The molecule has 2 N–H and O–H groups in total. The van der Waals surface area contributed by atoms with Gasteiger partial charge in [0.25, 0.3) is 6.48 Å². The molecule has 7 rings (SSSR count). The van der Waals surface area contributed by atoms with Crippen LogP contribution in [0.2, 0.25) is 10.3 Å². The highest BCUT2D eigenvalue weighted by Crippen LogP contribution is 2.34. The Bertz CT molecular complexity index is 2040. The third-order valence-electron chi connectivity index (χ3n) is 7.17. The van der Waals surface area contributed by atoms with Gasteiger partial charge in [0, 0.05) is 37.2 Å². The summed E-state index contributed by atoms with van der Waals surface area (Å²) >= 11 is 11.8. The Kier molecular flexibility index (Phi) is 11.3. The van der Waals surface area contributed by atoms with Gasteiger partial charge >= 0.3 is 0 Å². The lowest BCUT2D eigenvalue weighted by Crippen LogP contribution is -2.20. The second-order valence-electron chi connectivity index (χ2n) is 10.2. The van der Waals surface area contributed by atoms with E-state index in [-0.39, 0.29) is 11.6 Å². The second-order valence-corrected chi connectivity index (χ2v) is 11.0. The molecule has 1 aliphatic carbocycles. The number of benzene rings is 2. The molecule has 4 heterocycles. The predicted molar refractivity (Wildman–Crippen MR) is 183 cm³/mol. The topological polar surface area (TPSA) is 96.8 Å². The van der Waals surface area contributed by atoms with E-state index in [1.165, 1.54) is 12.1 Å². The SMILES string of the molecule is CCOC(OCC)OCC.Fc1cccc2c1cc1c3nc(Cl)ccc3ncn21.Nc1ccc(Cl)nc1C1=Cc2c(F)cccc2C1. The van der Waals surface area contributed by atoms with Crippen LogP contribution >= 0.6 is 23.2 Å². The number of anilines is 1. The molecule has 0 spiro atoms. The average molecular weight is 681 g/mol. The van der Waals surface area contributed by atoms with Crippen molar-refractivity contribution in [2.75, 3.05) is 25.6 Å². The quantitative estimate of drug-likeness (QED) is 0.133. The smallest absolute Gasteiger partial charge is 0.271 e. The van der Waals surface area contributed by atoms with Crippen LogP contribution < -0.4 is 5.73 Å². The summed E-state index contributed by atoms with van der Waals surface area (Å²) < 4.78 is 44.5. The minimum absolute atomic E-state index is 0.219. The molecule has 0 amide bonds. The van der Waals surface area contributed by atoms with Gasteiger partial charge in [-0.2, -0.15) is 0 Å². The molecule has 8 nitrogen and oxygen atoms in total. The van der Waals surface area contributed by atoms with Crippen molar-refractivity contribution in [2.45, 2.75) is 33.7 Å². The van der Waals surface area contributed by atoms with Crippen molar-refractivity contribution in [3.8, 4) is 0 Å². The van der Waals surface area contributed by atoms with Crippen molar-refractivity contribution >= 4 is 68.0 Å². The van der Waals surface area contributed by atoms with Gasteiger partial charge < -0.3 is 19.9 Å². The fourth-order valence-corrected chi connectivity index (χ4v) is 5.39. The third-order valence-corrected chi connectivity index (χ3v) is 7.59. The van der Waals surface area contributed by atoms with Gasteiger partial charge in [-0.25, -0.2) is 23.7 Å². The summed E-state index contributed by atoms with van der Waals surface area (Å²) in [5, 5.41) is 1.34. The molecule has 1 aliphatic rings. The maximum absolute atomic E-state index is 13.8. The van der Waals surface area contributed by atoms with Crippen molar-refractivity contribution in [1.29, 1.82) is 0 Å². The maximum atomic E-state index is 13.8. The summed E-state index contributed by atoms with van der Waals surface area (Å²) in [5.74, 6) is -0.473. The van der Waals surface area contributed by atoms with E-state index in [1.807, 2.05) is 37.3 Å². The largest absolute Gasteiger partial charge is 0.397 e. The fraction of sp³-hybridized carbons (Fsp3) is 0.229. The van der Waals surface area contributed by atoms with Crippen molar-refractivity contribution in [2.24, 2.45) is 0 Å². The van der Waals surface area contributed by atoms with Crippen LogP contribution in [0, 0.1) is 11.6 Å². The second kappa shape index (κ2) is 15.6. The fourth-order valence-electron chi connectivity index (χ4n) is 5.10. The molecule has 0 aliphatic heterocycles. The number of halogens is 4. The lowest BCUT2D eigenvalue weighted by molar-refractivity contribution is -0.282. The van der Waals surface area contributed by atoms with E-state index in [0.29, 0.717) is 64.4 Å². The van der Waals surface area contributed by atoms with Gasteiger partial charge in [0.15, 0.2) is 0 Å². The van der Waals surface area contributed by atoms with Gasteiger partial charge in [0.2, 0.25) is 0 Å². The first kappa shape index (κ1) is 34.2. The zero-order valence-electron chi connectivity index (χ0n) is 26.0. The first-order valence-corrected chi connectivity index (χ1v) is 15.7. The van der Waals surface area contributed by atoms with E-state index in [1.54, 1.807) is 54.9 Å². The molecule has 0 saturated heterocycles. The molecule has 0 atom stereocenters. The van der Waals surface area contributed by atoms with Crippen LogP contribution in [0.15, 0.2) is 73.1 Å². The summed E-state index contributed by atoms with van der Waals surface area (Å²) in [7, 11) is 0. The minimum atomic E-state index is -0.472. The Morgan fingerprint density at radius 1 is 0.830 bits per heavy atom. The molecule has 0 radical (unpaired) electrons. The highest BCUT2D eigenvalue weighted by Gasteiger charge is 2.19. The van der Waals surface area contributed by atoms with Crippen molar-refractivity contribution in [1.82, 2.24) is 19.4 Å². The molecule has 0 saturated carbocycles. The summed E-state index contributed by atoms with van der Waals surface area (Å²) in [6, 6.07) is 18.7. The van der Waals surface area contributed by atoms with Gasteiger partial charge in [0.05, 0.1) is 27.9 Å². The van der Waals surface area contributed by atoms with Gasteiger partial charge in [-0.3, -0.25) is 4.40 Å². The first-order chi connectivity index (χ1) is 22.7. The Hall–Kier alpha value is -4.19. The number of nitrogen functional groups attached to an aromatic ring is 1. The number of allylic oxidation sites excluding steroid dienone is 1. The van der Waals surface area contributed by atoms with Crippen molar-refractivity contribution < 1.29 is 23.0 Å². The summed E-state index contributed by atoms with van der Waals surface area (Å²) in [6.07, 6.45) is 4.10. The molecular formula is C35H33Cl2F2N5O3. The Labute approximate surface area is 280 Å². The standard InChI is InChI=1S/C14H7ClFN3.C14H10ClFN2.C7H16O3/c15-13-5-4-10-14(18-13)12-6-8-9(16)2-1-3-11(8)19(12)7-17-10;15-13-5-4-12(17)14(18-13)9-6-8-2-1-3-11(16)10(8)7-9;1-4-8-7(9-5-2)10-6-3/h1-7H;1-5,7H,6,17H2;7H,4-6H2,1-3H3. The summed E-state index contributed by atoms with van der Waals surface area (Å²) in [4.78, 5) is 12.8. The van der Waals surface area contributed by atoms with E-state index in [0.717, 1.165) is 27.7 Å². The van der Waals surface area contributed by atoms with E-state index >= 15 is 0 Å². The number of fused-ring (bicyclic) bond motifs is 6. The van der Waals surface area contributed by atoms with Gasteiger partial charge in [-0.1, -0.05) is 41.4 Å². The van der Waals surface area contributed by atoms with Gasteiger partial charge in [-0.05, 0) is 86.5 Å². The molecular weight excluding hydrogens is 647 g/mol. The molecule has 4 aromatic heterocycles. The third kappa shape index (κ3) is 7.86.